The van der Waals surface area contributed by atoms with Gasteiger partial charge in [0.15, 0.2) is 0 Å². The van der Waals surface area contributed by atoms with Crippen molar-refractivity contribution in [1.29, 1.82) is 0 Å². The lowest BCUT2D eigenvalue weighted by Gasteiger charge is -2.05. The number of hydrogen-bond donors (Lipinski definition) is 2. The van der Waals surface area contributed by atoms with Crippen LogP contribution in [-0.4, -0.2) is 11.0 Å². The zero-order chi connectivity index (χ0) is 7.40. The molecule has 0 saturated heterocycles. The average molecular weight is 138 g/mol. The van der Waals surface area contributed by atoms with E-state index in [2.05, 4.69) is 18.0 Å². The molecule has 1 atom stereocenters. The van der Waals surface area contributed by atoms with Crippen LogP contribution in [0.5, 0.6) is 0 Å². The summed E-state index contributed by atoms with van der Waals surface area (Å²) in [5.74, 6) is 0. The highest BCUT2D eigenvalue weighted by Crippen LogP contribution is 1.99. The van der Waals surface area contributed by atoms with Crippen LogP contribution < -0.4 is 5.73 Å². The zero-order valence-corrected chi connectivity index (χ0v) is 6.30. The van der Waals surface area contributed by atoms with Crippen LogP contribution >= 0.6 is 0 Å². The van der Waals surface area contributed by atoms with Crippen LogP contribution in [0, 0.1) is 0 Å². The SMILES string of the molecule is CCC(N)Cc1ccc[nH]1. The molecule has 1 aromatic rings. The first-order chi connectivity index (χ1) is 4.83. The molecule has 0 aliphatic rings. The lowest BCUT2D eigenvalue weighted by Crippen LogP contribution is -2.21. The van der Waals surface area contributed by atoms with Gasteiger partial charge in [-0.25, -0.2) is 0 Å². The Labute approximate surface area is 61.4 Å². The molecule has 10 heavy (non-hydrogen) atoms. The number of nitrogens with two attached hydrogens (primary N) is 1. The fraction of sp³-hybridized carbons (Fsp3) is 0.500. The van der Waals surface area contributed by atoms with Gasteiger partial charge >= 0.3 is 0 Å². The summed E-state index contributed by atoms with van der Waals surface area (Å²) in [5, 5.41) is 0. The van der Waals surface area contributed by atoms with Crippen molar-refractivity contribution in [1.82, 2.24) is 4.98 Å². The third kappa shape index (κ3) is 1.88. The number of aromatic amines is 1. The van der Waals surface area contributed by atoms with Crippen molar-refractivity contribution >= 4 is 0 Å². The van der Waals surface area contributed by atoms with Gasteiger partial charge in [-0.05, 0) is 18.6 Å². The van der Waals surface area contributed by atoms with E-state index >= 15 is 0 Å². The number of aromatic nitrogens is 1. The third-order valence-corrected chi connectivity index (χ3v) is 1.67. The smallest absolute Gasteiger partial charge is 0.0162 e. The summed E-state index contributed by atoms with van der Waals surface area (Å²) < 4.78 is 0. The second-order valence-corrected chi connectivity index (χ2v) is 2.57. The molecule has 0 saturated carbocycles. The minimum atomic E-state index is 0.304. The van der Waals surface area contributed by atoms with Crippen molar-refractivity contribution in [3.05, 3.63) is 24.0 Å². The van der Waals surface area contributed by atoms with Gasteiger partial charge < -0.3 is 10.7 Å². The maximum Gasteiger partial charge on any atom is 0.0162 e. The van der Waals surface area contributed by atoms with Crippen molar-refractivity contribution < 1.29 is 0 Å². The molecule has 1 unspecified atom stereocenters. The summed E-state index contributed by atoms with van der Waals surface area (Å²) in [4.78, 5) is 3.12. The molecule has 0 spiro atoms. The van der Waals surface area contributed by atoms with Crippen LogP contribution in [0.1, 0.15) is 19.0 Å². The Morgan fingerprint density at radius 1 is 1.70 bits per heavy atom. The number of H-pyrrole nitrogens is 1. The molecule has 0 aliphatic heterocycles. The monoisotopic (exact) mass is 138 g/mol. The summed E-state index contributed by atoms with van der Waals surface area (Å²) in [5.41, 5.74) is 6.98. The lowest BCUT2D eigenvalue weighted by molar-refractivity contribution is 0.639. The summed E-state index contributed by atoms with van der Waals surface area (Å²) in [7, 11) is 0. The molecule has 0 bridgehead atoms. The van der Waals surface area contributed by atoms with Gasteiger partial charge in [0, 0.05) is 24.4 Å². The quantitative estimate of drug-likeness (QED) is 0.649. The third-order valence-electron chi connectivity index (χ3n) is 1.67. The van der Waals surface area contributed by atoms with Crippen LogP contribution in [0.15, 0.2) is 18.3 Å². The Balaban J connectivity index is 2.40. The van der Waals surface area contributed by atoms with Gasteiger partial charge in [0.25, 0.3) is 0 Å². The van der Waals surface area contributed by atoms with Crippen molar-refractivity contribution in [2.75, 3.05) is 0 Å². The Hall–Kier alpha value is -0.760. The maximum absolute atomic E-state index is 5.74. The van der Waals surface area contributed by atoms with E-state index in [0.29, 0.717) is 6.04 Å². The van der Waals surface area contributed by atoms with Crippen LogP contribution in [0.25, 0.3) is 0 Å². The van der Waals surface area contributed by atoms with Crippen LogP contribution in [0.2, 0.25) is 0 Å². The zero-order valence-electron chi connectivity index (χ0n) is 6.30. The molecule has 1 heterocycles. The summed E-state index contributed by atoms with van der Waals surface area (Å²) in [6, 6.07) is 4.37. The standard InChI is InChI=1S/C8H14N2/c1-2-7(9)6-8-4-3-5-10-8/h3-5,7,10H,2,6,9H2,1H3. The van der Waals surface area contributed by atoms with Gasteiger partial charge in [-0.3, -0.25) is 0 Å². The molecule has 0 radical (unpaired) electrons. The van der Waals surface area contributed by atoms with Crippen LogP contribution in [-0.2, 0) is 6.42 Å². The van der Waals surface area contributed by atoms with Crippen molar-refractivity contribution in [3.63, 3.8) is 0 Å². The molecule has 0 amide bonds. The van der Waals surface area contributed by atoms with Crippen LogP contribution in [0.4, 0.5) is 0 Å². The van der Waals surface area contributed by atoms with Gasteiger partial charge in [-0.2, -0.15) is 0 Å². The number of nitrogens with one attached hydrogen (secondary N) is 1. The second-order valence-electron chi connectivity index (χ2n) is 2.57. The first-order valence-electron chi connectivity index (χ1n) is 3.70. The molecule has 0 aliphatic carbocycles. The van der Waals surface area contributed by atoms with E-state index in [1.54, 1.807) is 0 Å². The minimum Gasteiger partial charge on any atom is -0.365 e. The predicted molar refractivity (Wildman–Crippen MR) is 42.8 cm³/mol. The summed E-state index contributed by atoms with van der Waals surface area (Å²) in [6.07, 6.45) is 3.93. The number of hydrogen-bond acceptors (Lipinski definition) is 1. The topological polar surface area (TPSA) is 41.8 Å². The van der Waals surface area contributed by atoms with E-state index in [-0.39, 0.29) is 0 Å². The van der Waals surface area contributed by atoms with Crippen molar-refractivity contribution in [2.45, 2.75) is 25.8 Å². The van der Waals surface area contributed by atoms with Gasteiger partial charge in [-0.15, -0.1) is 0 Å². The van der Waals surface area contributed by atoms with Gasteiger partial charge in [0.2, 0.25) is 0 Å². The average Bonchev–Trinajstić information content (AvgIpc) is 2.40. The summed E-state index contributed by atoms with van der Waals surface area (Å²) >= 11 is 0. The molecule has 0 fully saturated rings. The van der Waals surface area contributed by atoms with E-state index in [1.165, 1.54) is 5.69 Å². The van der Waals surface area contributed by atoms with Crippen molar-refractivity contribution in [3.8, 4) is 0 Å². The molecule has 2 nitrogen and oxygen atoms in total. The Morgan fingerprint density at radius 3 is 3.00 bits per heavy atom. The number of rotatable bonds is 3. The highest BCUT2D eigenvalue weighted by Gasteiger charge is 1.99. The van der Waals surface area contributed by atoms with Crippen molar-refractivity contribution in [2.24, 2.45) is 5.73 Å². The van der Waals surface area contributed by atoms with E-state index in [0.717, 1.165) is 12.8 Å². The predicted octanol–water partition coefficient (Wildman–Crippen LogP) is 1.29. The Kier molecular flexibility index (Phi) is 2.51. The first-order valence-corrected chi connectivity index (χ1v) is 3.70. The second kappa shape index (κ2) is 3.42. The van der Waals surface area contributed by atoms with E-state index in [4.69, 9.17) is 5.73 Å². The Bertz CT molecular complexity index is 167. The fourth-order valence-electron chi connectivity index (χ4n) is 0.921. The van der Waals surface area contributed by atoms with Gasteiger partial charge in [0.1, 0.15) is 0 Å². The molecular weight excluding hydrogens is 124 g/mol. The molecule has 3 N–H and O–H groups in total. The van der Waals surface area contributed by atoms with E-state index < -0.39 is 0 Å². The van der Waals surface area contributed by atoms with Crippen LogP contribution in [0.3, 0.4) is 0 Å². The minimum absolute atomic E-state index is 0.304. The highest BCUT2D eigenvalue weighted by molar-refractivity contribution is 5.04. The molecule has 0 aromatic carbocycles. The van der Waals surface area contributed by atoms with E-state index in [1.807, 2.05) is 12.3 Å². The molecule has 1 rings (SSSR count). The van der Waals surface area contributed by atoms with E-state index in [9.17, 15) is 0 Å². The fourth-order valence-corrected chi connectivity index (χ4v) is 0.921. The highest BCUT2D eigenvalue weighted by atomic mass is 14.7. The largest absolute Gasteiger partial charge is 0.365 e. The molecular formula is C8H14N2. The summed E-state index contributed by atoms with van der Waals surface area (Å²) in [6.45, 7) is 2.10. The maximum atomic E-state index is 5.74. The molecule has 56 valence electrons. The lowest BCUT2D eigenvalue weighted by atomic mass is 10.1. The Morgan fingerprint density at radius 2 is 2.50 bits per heavy atom. The normalized spacial score (nSPS) is 13.4. The van der Waals surface area contributed by atoms with Gasteiger partial charge in [0.05, 0.1) is 0 Å². The molecule has 1 aromatic heterocycles. The first kappa shape index (κ1) is 7.35. The molecule has 2 heteroatoms. The van der Waals surface area contributed by atoms with Gasteiger partial charge in [-0.1, -0.05) is 6.92 Å².